The minimum absolute atomic E-state index is 0.215. The van der Waals surface area contributed by atoms with E-state index in [4.69, 9.17) is 0 Å². The largest absolute Gasteiger partial charge is 0.260 e. The van der Waals surface area contributed by atoms with Crippen LogP contribution in [-0.2, 0) is 20.6 Å². The second-order valence-electron chi connectivity index (χ2n) is 8.30. The van der Waals surface area contributed by atoms with E-state index >= 15 is 0 Å². The van der Waals surface area contributed by atoms with Crippen molar-refractivity contribution < 1.29 is 12.6 Å². The lowest BCUT2D eigenvalue weighted by Crippen LogP contribution is -2.14. The predicted octanol–water partition coefficient (Wildman–Crippen LogP) is 6.82. The minimum Gasteiger partial charge on any atom is -0.260 e. The number of hydrogen-bond donors (Lipinski definition) is 0. The zero-order valence-corrected chi connectivity index (χ0v) is 20.5. The first-order valence-electron chi connectivity index (χ1n) is 12.1. The Balaban J connectivity index is 3.51. The Morgan fingerprint density at radius 2 is 0.857 bits per heavy atom. The van der Waals surface area contributed by atoms with Crippen molar-refractivity contribution in [1.29, 1.82) is 0 Å². The first kappa shape index (κ1) is 28.1. The van der Waals surface area contributed by atoms with E-state index in [2.05, 4.69) is 13.8 Å². The molecule has 0 bridgehead atoms. The van der Waals surface area contributed by atoms with Gasteiger partial charge in [-0.3, -0.25) is 4.21 Å². The third kappa shape index (κ3) is 20.8. The SMILES string of the molecule is CCCCCCCCCCS(=O)CCCS(=O)(=O)CCCCCCCCCC. The monoisotopic (exact) mass is 436 g/mol. The van der Waals surface area contributed by atoms with Crippen LogP contribution in [0.4, 0.5) is 0 Å². The molecule has 0 amide bonds. The maximum absolute atomic E-state index is 12.1. The van der Waals surface area contributed by atoms with E-state index in [-0.39, 0.29) is 5.75 Å². The van der Waals surface area contributed by atoms with E-state index in [0.29, 0.717) is 17.9 Å². The van der Waals surface area contributed by atoms with E-state index in [1.54, 1.807) is 0 Å². The van der Waals surface area contributed by atoms with Gasteiger partial charge in [-0.1, -0.05) is 104 Å². The fraction of sp³-hybridized carbons (Fsp3) is 1.00. The van der Waals surface area contributed by atoms with Crippen molar-refractivity contribution in [2.24, 2.45) is 0 Å². The molecule has 1 unspecified atom stereocenters. The Kier molecular flexibility index (Phi) is 20.4. The van der Waals surface area contributed by atoms with Gasteiger partial charge in [-0.2, -0.15) is 0 Å². The van der Waals surface area contributed by atoms with Crippen LogP contribution in [0.25, 0.3) is 0 Å². The van der Waals surface area contributed by atoms with Crippen molar-refractivity contribution in [2.45, 2.75) is 123 Å². The molecular weight excluding hydrogens is 388 g/mol. The predicted molar refractivity (Wildman–Crippen MR) is 126 cm³/mol. The molecular formula is C23H48O3S2. The topological polar surface area (TPSA) is 51.2 Å². The maximum Gasteiger partial charge on any atom is 0.150 e. The lowest BCUT2D eigenvalue weighted by atomic mass is 10.1. The van der Waals surface area contributed by atoms with Gasteiger partial charge in [-0.05, 0) is 19.3 Å². The van der Waals surface area contributed by atoms with Crippen molar-refractivity contribution in [2.75, 3.05) is 23.0 Å². The van der Waals surface area contributed by atoms with Crippen molar-refractivity contribution >= 4 is 20.6 Å². The fourth-order valence-corrected chi connectivity index (χ4v) is 6.31. The van der Waals surface area contributed by atoms with Gasteiger partial charge in [0, 0.05) is 22.3 Å². The van der Waals surface area contributed by atoms with Gasteiger partial charge < -0.3 is 0 Å². The molecule has 0 aliphatic rings. The van der Waals surface area contributed by atoms with Crippen molar-refractivity contribution in [1.82, 2.24) is 0 Å². The molecule has 0 heterocycles. The maximum atomic E-state index is 12.1. The summed E-state index contributed by atoms with van der Waals surface area (Å²) >= 11 is 0. The number of unbranched alkanes of at least 4 members (excludes halogenated alkanes) is 14. The zero-order valence-electron chi connectivity index (χ0n) is 18.9. The van der Waals surface area contributed by atoms with Crippen LogP contribution in [0.5, 0.6) is 0 Å². The Morgan fingerprint density at radius 3 is 1.36 bits per heavy atom. The molecule has 0 aromatic heterocycles. The summed E-state index contributed by atoms with van der Waals surface area (Å²) in [6.07, 6.45) is 19.9. The molecule has 0 aliphatic heterocycles. The summed E-state index contributed by atoms with van der Waals surface area (Å²) in [6, 6.07) is 0. The van der Waals surface area contributed by atoms with Gasteiger partial charge in [0.15, 0.2) is 0 Å². The molecule has 0 aliphatic carbocycles. The Labute approximate surface area is 179 Å². The first-order chi connectivity index (χ1) is 13.5. The van der Waals surface area contributed by atoms with E-state index in [1.165, 1.54) is 70.6 Å². The van der Waals surface area contributed by atoms with Crippen LogP contribution in [0, 0.1) is 0 Å². The standard InChI is InChI=1S/C23H48O3S2/c1-3-5-7-9-11-13-15-17-20-27(24)21-19-23-28(25,26)22-18-16-14-12-10-8-6-4-2/h3-23H2,1-2H3. The molecule has 28 heavy (non-hydrogen) atoms. The van der Waals surface area contributed by atoms with E-state index < -0.39 is 20.6 Å². The molecule has 1 atom stereocenters. The Bertz CT molecular complexity index is 447. The van der Waals surface area contributed by atoms with Gasteiger partial charge in [-0.15, -0.1) is 0 Å². The average Bonchev–Trinajstić information content (AvgIpc) is 2.66. The summed E-state index contributed by atoms with van der Waals surface area (Å²) in [5, 5.41) is 0. The fourth-order valence-electron chi connectivity index (χ4n) is 3.50. The Morgan fingerprint density at radius 1 is 0.500 bits per heavy atom. The summed E-state index contributed by atoms with van der Waals surface area (Å²) < 4.78 is 36.2. The minimum atomic E-state index is -2.95. The molecule has 0 saturated heterocycles. The molecule has 0 spiro atoms. The quantitative estimate of drug-likeness (QED) is 0.175. The van der Waals surface area contributed by atoms with Crippen LogP contribution < -0.4 is 0 Å². The Hall–Kier alpha value is 0.1000. The van der Waals surface area contributed by atoms with Crippen LogP contribution >= 0.6 is 0 Å². The summed E-state index contributed by atoms with van der Waals surface area (Å²) in [4.78, 5) is 0. The average molecular weight is 437 g/mol. The molecule has 3 nitrogen and oxygen atoms in total. The van der Waals surface area contributed by atoms with E-state index in [9.17, 15) is 12.6 Å². The van der Waals surface area contributed by atoms with Crippen molar-refractivity contribution in [3.8, 4) is 0 Å². The summed E-state index contributed by atoms with van der Waals surface area (Å²) in [6.45, 7) is 4.45. The third-order valence-corrected chi connectivity index (χ3v) is 8.67. The molecule has 0 radical (unpaired) electrons. The zero-order chi connectivity index (χ0) is 20.9. The summed E-state index contributed by atoms with van der Waals surface area (Å²) in [5.41, 5.74) is 0. The molecule has 0 aromatic rings. The normalized spacial score (nSPS) is 13.1. The van der Waals surface area contributed by atoms with Gasteiger partial charge in [0.25, 0.3) is 0 Å². The van der Waals surface area contributed by atoms with E-state index in [1.807, 2.05) is 0 Å². The van der Waals surface area contributed by atoms with Crippen LogP contribution in [-0.4, -0.2) is 35.6 Å². The third-order valence-electron chi connectivity index (χ3n) is 5.36. The van der Waals surface area contributed by atoms with Gasteiger partial charge >= 0.3 is 0 Å². The number of rotatable bonds is 22. The lowest BCUT2D eigenvalue weighted by Gasteiger charge is -2.06. The second-order valence-corrected chi connectivity index (χ2v) is 12.3. The highest BCUT2D eigenvalue weighted by Crippen LogP contribution is 2.11. The molecule has 0 N–H and O–H groups in total. The highest BCUT2D eigenvalue weighted by Gasteiger charge is 2.11. The molecule has 0 fully saturated rings. The molecule has 0 aromatic carbocycles. The molecule has 0 saturated carbocycles. The van der Waals surface area contributed by atoms with Gasteiger partial charge in [0.05, 0.1) is 11.5 Å². The number of sulfone groups is 1. The summed E-state index contributed by atoms with van der Waals surface area (Å²) in [5.74, 6) is 1.82. The summed E-state index contributed by atoms with van der Waals surface area (Å²) in [7, 11) is -3.80. The highest BCUT2D eigenvalue weighted by molar-refractivity contribution is 7.91. The molecule has 5 heteroatoms. The van der Waals surface area contributed by atoms with Crippen LogP contribution in [0.1, 0.15) is 123 Å². The lowest BCUT2D eigenvalue weighted by molar-refractivity contribution is 0.572. The number of hydrogen-bond acceptors (Lipinski definition) is 3. The van der Waals surface area contributed by atoms with Crippen molar-refractivity contribution in [3.05, 3.63) is 0 Å². The van der Waals surface area contributed by atoms with Crippen LogP contribution in [0.2, 0.25) is 0 Å². The first-order valence-corrected chi connectivity index (χ1v) is 15.4. The van der Waals surface area contributed by atoms with Gasteiger partial charge in [-0.25, -0.2) is 8.42 Å². The molecule has 0 rings (SSSR count). The van der Waals surface area contributed by atoms with Gasteiger partial charge in [0.2, 0.25) is 0 Å². The molecule has 170 valence electrons. The highest BCUT2D eigenvalue weighted by atomic mass is 32.2. The second kappa shape index (κ2) is 20.4. The van der Waals surface area contributed by atoms with Crippen molar-refractivity contribution in [3.63, 3.8) is 0 Å². The smallest absolute Gasteiger partial charge is 0.150 e. The van der Waals surface area contributed by atoms with Crippen LogP contribution in [0.15, 0.2) is 0 Å². The van der Waals surface area contributed by atoms with E-state index in [0.717, 1.165) is 37.9 Å². The van der Waals surface area contributed by atoms with Gasteiger partial charge in [0.1, 0.15) is 9.84 Å². The van der Waals surface area contributed by atoms with Crippen LogP contribution in [0.3, 0.4) is 0 Å².